The second-order valence-corrected chi connectivity index (χ2v) is 7.93. The van der Waals surface area contributed by atoms with Gasteiger partial charge in [0.25, 0.3) is 5.91 Å². The molecule has 1 aliphatic rings. The summed E-state index contributed by atoms with van der Waals surface area (Å²) in [6, 6.07) is 6.91. The van der Waals surface area contributed by atoms with E-state index in [-0.39, 0.29) is 30.8 Å². The fraction of sp³-hybridized carbons (Fsp3) is 0.550. The number of likely N-dealkylation sites (tertiary alicyclic amines) is 1. The predicted octanol–water partition coefficient (Wildman–Crippen LogP) is 1.90. The first-order valence-corrected chi connectivity index (χ1v) is 9.55. The van der Waals surface area contributed by atoms with Crippen molar-refractivity contribution >= 4 is 23.6 Å². The second kappa shape index (κ2) is 9.43. The van der Waals surface area contributed by atoms with E-state index >= 15 is 0 Å². The van der Waals surface area contributed by atoms with Gasteiger partial charge in [-0.05, 0) is 57.9 Å². The molecule has 1 aliphatic heterocycles. The van der Waals surface area contributed by atoms with E-state index in [4.69, 9.17) is 10.5 Å². The van der Waals surface area contributed by atoms with Gasteiger partial charge in [0, 0.05) is 43.3 Å². The van der Waals surface area contributed by atoms with Gasteiger partial charge in [-0.2, -0.15) is 0 Å². The Labute approximate surface area is 165 Å². The third-order valence-corrected chi connectivity index (χ3v) is 4.33. The average molecular weight is 390 g/mol. The molecule has 0 aromatic heterocycles. The number of amides is 3. The molecule has 8 heteroatoms. The molecule has 0 spiro atoms. The van der Waals surface area contributed by atoms with Crippen molar-refractivity contribution in [1.82, 2.24) is 15.5 Å². The van der Waals surface area contributed by atoms with E-state index < -0.39 is 11.7 Å². The molecule has 3 amide bonds. The standard InChI is InChI=1S/C20H30N4O4/c1-20(2,3)28-19(27)22-11-8-17(25)23-16-9-12-24(13-10-16)18(26)14-4-6-15(21)7-5-14/h4-7,16H,8-13,21H2,1-3H3,(H,22,27)(H,23,25). The third kappa shape index (κ3) is 7.09. The highest BCUT2D eigenvalue weighted by Gasteiger charge is 2.24. The smallest absolute Gasteiger partial charge is 0.407 e. The number of nitrogens with one attached hydrogen (secondary N) is 2. The normalized spacial score (nSPS) is 15.0. The Morgan fingerprint density at radius 2 is 1.75 bits per heavy atom. The summed E-state index contributed by atoms with van der Waals surface area (Å²) in [7, 11) is 0. The van der Waals surface area contributed by atoms with E-state index in [1.807, 2.05) is 0 Å². The second-order valence-electron chi connectivity index (χ2n) is 7.93. The average Bonchev–Trinajstić information content (AvgIpc) is 2.61. The number of piperidine rings is 1. The van der Waals surface area contributed by atoms with Crippen molar-refractivity contribution in [3.05, 3.63) is 29.8 Å². The molecule has 8 nitrogen and oxygen atoms in total. The van der Waals surface area contributed by atoms with Gasteiger partial charge in [0.15, 0.2) is 0 Å². The van der Waals surface area contributed by atoms with Crippen molar-refractivity contribution in [2.24, 2.45) is 0 Å². The summed E-state index contributed by atoms with van der Waals surface area (Å²) in [5, 5.41) is 5.53. The van der Waals surface area contributed by atoms with Gasteiger partial charge in [-0.25, -0.2) is 4.79 Å². The molecule has 2 rings (SSSR count). The first-order valence-electron chi connectivity index (χ1n) is 9.55. The van der Waals surface area contributed by atoms with Crippen molar-refractivity contribution in [2.45, 2.75) is 51.7 Å². The zero-order valence-corrected chi connectivity index (χ0v) is 16.8. The number of nitrogens with two attached hydrogens (primary N) is 1. The molecule has 0 radical (unpaired) electrons. The number of rotatable bonds is 5. The molecule has 1 aromatic rings. The van der Waals surface area contributed by atoms with Crippen LogP contribution in [-0.4, -0.2) is 54.1 Å². The summed E-state index contributed by atoms with van der Waals surface area (Å²) in [5.41, 5.74) is 6.33. The van der Waals surface area contributed by atoms with Crippen molar-refractivity contribution in [1.29, 1.82) is 0 Å². The number of nitrogen functional groups attached to an aromatic ring is 1. The topological polar surface area (TPSA) is 114 Å². The Hall–Kier alpha value is -2.77. The van der Waals surface area contributed by atoms with Gasteiger partial charge in [0.1, 0.15) is 5.60 Å². The molecule has 4 N–H and O–H groups in total. The Balaban J connectivity index is 1.67. The van der Waals surface area contributed by atoms with Gasteiger partial charge < -0.3 is 26.0 Å². The third-order valence-electron chi connectivity index (χ3n) is 4.33. The fourth-order valence-electron chi connectivity index (χ4n) is 2.93. The molecular formula is C20H30N4O4. The molecule has 0 bridgehead atoms. The zero-order valence-electron chi connectivity index (χ0n) is 16.8. The molecular weight excluding hydrogens is 360 g/mol. The van der Waals surface area contributed by atoms with Crippen LogP contribution in [-0.2, 0) is 9.53 Å². The predicted molar refractivity (Wildman–Crippen MR) is 107 cm³/mol. The number of nitrogens with zero attached hydrogens (tertiary/aromatic N) is 1. The van der Waals surface area contributed by atoms with Crippen molar-refractivity contribution in [3.8, 4) is 0 Å². The molecule has 0 saturated carbocycles. The number of hydrogen-bond acceptors (Lipinski definition) is 5. The van der Waals surface area contributed by atoms with E-state index in [0.29, 0.717) is 37.2 Å². The van der Waals surface area contributed by atoms with Crippen LogP contribution in [0.5, 0.6) is 0 Å². The molecule has 1 fully saturated rings. The zero-order chi connectivity index (χ0) is 20.7. The summed E-state index contributed by atoms with van der Waals surface area (Å²) in [6.45, 7) is 6.74. The van der Waals surface area contributed by atoms with Gasteiger partial charge in [0.2, 0.25) is 5.91 Å². The van der Waals surface area contributed by atoms with Crippen LogP contribution in [0.4, 0.5) is 10.5 Å². The fourth-order valence-corrected chi connectivity index (χ4v) is 2.93. The largest absolute Gasteiger partial charge is 0.444 e. The molecule has 1 aromatic carbocycles. The van der Waals surface area contributed by atoms with Gasteiger partial charge in [0.05, 0.1) is 0 Å². The van der Waals surface area contributed by atoms with Crippen LogP contribution in [0.25, 0.3) is 0 Å². The van der Waals surface area contributed by atoms with Crippen LogP contribution < -0.4 is 16.4 Å². The van der Waals surface area contributed by atoms with E-state index in [2.05, 4.69) is 10.6 Å². The molecule has 28 heavy (non-hydrogen) atoms. The molecule has 0 atom stereocenters. The first kappa shape index (κ1) is 21.5. The van der Waals surface area contributed by atoms with Crippen LogP contribution in [0.2, 0.25) is 0 Å². The van der Waals surface area contributed by atoms with E-state index in [1.54, 1.807) is 49.9 Å². The van der Waals surface area contributed by atoms with Crippen LogP contribution in [0, 0.1) is 0 Å². The van der Waals surface area contributed by atoms with Gasteiger partial charge in [-0.15, -0.1) is 0 Å². The molecule has 1 heterocycles. The van der Waals surface area contributed by atoms with E-state index in [9.17, 15) is 14.4 Å². The molecule has 154 valence electrons. The van der Waals surface area contributed by atoms with Crippen LogP contribution >= 0.6 is 0 Å². The number of carbonyl (C=O) groups excluding carboxylic acids is 3. The lowest BCUT2D eigenvalue weighted by atomic mass is 10.0. The Morgan fingerprint density at radius 3 is 2.32 bits per heavy atom. The number of benzene rings is 1. The number of carbonyl (C=O) groups is 3. The summed E-state index contributed by atoms with van der Waals surface area (Å²) < 4.78 is 5.12. The van der Waals surface area contributed by atoms with E-state index in [0.717, 1.165) is 0 Å². The van der Waals surface area contributed by atoms with Crippen LogP contribution in [0.15, 0.2) is 24.3 Å². The minimum Gasteiger partial charge on any atom is -0.444 e. The van der Waals surface area contributed by atoms with Gasteiger partial charge >= 0.3 is 6.09 Å². The van der Waals surface area contributed by atoms with Crippen molar-refractivity contribution < 1.29 is 19.1 Å². The summed E-state index contributed by atoms with van der Waals surface area (Å²) in [5.74, 6) is -0.147. The number of anilines is 1. The van der Waals surface area contributed by atoms with Crippen LogP contribution in [0.1, 0.15) is 50.4 Å². The number of hydrogen-bond donors (Lipinski definition) is 3. The lowest BCUT2D eigenvalue weighted by Crippen LogP contribution is -2.47. The summed E-state index contributed by atoms with van der Waals surface area (Å²) in [4.78, 5) is 37.9. The van der Waals surface area contributed by atoms with Gasteiger partial charge in [-0.1, -0.05) is 0 Å². The van der Waals surface area contributed by atoms with E-state index in [1.165, 1.54) is 0 Å². The quantitative estimate of drug-likeness (QED) is 0.665. The molecule has 1 saturated heterocycles. The minimum absolute atomic E-state index is 0.0219. The first-order chi connectivity index (χ1) is 13.1. The van der Waals surface area contributed by atoms with Gasteiger partial charge in [-0.3, -0.25) is 9.59 Å². The Kier molecular flexibility index (Phi) is 7.25. The lowest BCUT2D eigenvalue weighted by molar-refractivity contribution is -0.121. The SMILES string of the molecule is CC(C)(C)OC(=O)NCCC(=O)NC1CCN(C(=O)c2ccc(N)cc2)CC1. The highest BCUT2D eigenvalue weighted by Crippen LogP contribution is 2.15. The highest BCUT2D eigenvalue weighted by atomic mass is 16.6. The Morgan fingerprint density at radius 1 is 1.14 bits per heavy atom. The molecule has 0 aliphatic carbocycles. The summed E-state index contributed by atoms with van der Waals surface area (Å²) >= 11 is 0. The highest BCUT2D eigenvalue weighted by molar-refractivity contribution is 5.94. The van der Waals surface area contributed by atoms with Crippen molar-refractivity contribution in [3.63, 3.8) is 0 Å². The maximum Gasteiger partial charge on any atom is 0.407 e. The summed E-state index contributed by atoms with van der Waals surface area (Å²) in [6.07, 6.45) is 1.05. The lowest BCUT2D eigenvalue weighted by Gasteiger charge is -2.32. The maximum atomic E-state index is 12.5. The maximum absolute atomic E-state index is 12.5. The number of ether oxygens (including phenoxy) is 1. The molecule has 0 unspecified atom stereocenters. The Bertz CT molecular complexity index is 689. The van der Waals surface area contributed by atoms with Crippen molar-refractivity contribution in [2.75, 3.05) is 25.4 Å². The minimum atomic E-state index is -0.565. The monoisotopic (exact) mass is 390 g/mol. The number of alkyl carbamates (subject to hydrolysis) is 1. The van der Waals surface area contributed by atoms with Crippen LogP contribution in [0.3, 0.4) is 0 Å².